The number of Topliss-reactive ketones (excluding diaryl/α,β-unsaturated/α-hetero) is 1. The standard InChI is InChI=1S/C31H36O13/c1-16(2)39-22-9-7-21(8-10-22)13-25(36)24-12-11-23(14-26(24)37)43-31-30(42-20(6)35)29(41-19(5)34)28(40-18(4)33)27(44-31)15-38-17(3)32/h7-12,14,16,27-31,37H,13,15H2,1-6H3/t27-,28+,29+,30+,31-/m0/s1. The van der Waals surface area contributed by atoms with Crippen molar-refractivity contribution in [3.63, 3.8) is 0 Å². The topological polar surface area (TPSA) is 170 Å². The number of ketones is 1. The molecule has 238 valence electrons. The summed E-state index contributed by atoms with van der Waals surface area (Å²) in [7, 11) is 0. The molecule has 0 aliphatic carbocycles. The predicted octanol–water partition coefficient (Wildman–Crippen LogP) is 3.07. The maximum atomic E-state index is 13.0. The lowest BCUT2D eigenvalue weighted by atomic mass is 9.98. The molecule has 2 aromatic carbocycles. The first kappa shape index (κ1) is 33.8. The van der Waals surface area contributed by atoms with Crippen molar-refractivity contribution in [1.82, 2.24) is 0 Å². The monoisotopic (exact) mass is 616 g/mol. The van der Waals surface area contributed by atoms with E-state index in [1.165, 1.54) is 18.2 Å². The molecule has 44 heavy (non-hydrogen) atoms. The lowest BCUT2D eigenvalue weighted by Gasteiger charge is -2.43. The second-order valence-electron chi connectivity index (χ2n) is 10.3. The summed E-state index contributed by atoms with van der Waals surface area (Å²) in [5, 5.41) is 10.7. The van der Waals surface area contributed by atoms with Crippen molar-refractivity contribution in [1.29, 1.82) is 0 Å². The highest BCUT2D eigenvalue weighted by Crippen LogP contribution is 2.33. The number of esters is 4. The van der Waals surface area contributed by atoms with Gasteiger partial charge in [0.15, 0.2) is 18.0 Å². The summed E-state index contributed by atoms with van der Waals surface area (Å²) < 4.78 is 38.6. The third-order valence-corrected chi connectivity index (χ3v) is 6.13. The fourth-order valence-corrected chi connectivity index (χ4v) is 4.48. The van der Waals surface area contributed by atoms with Crippen LogP contribution in [0.3, 0.4) is 0 Å². The molecule has 3 rings (SSSR count). The zero-order valence-electron chi connectivity index (χ0n) is 25.3. The molecule has 13 heteroatoms. The number of phenols is 1. The number of hydrogen-bond donors (Lipinski definition) is 1. The number of carbonyl (C=O) groups excluding carboxylic acids is 5. The minimum Gasteiger partial charge on any atom is -0.507 e. The molecule has 0 unspecified atom stereocenters. The van der Waals surface area contributed by atoms with Crippen LogP contribution < -0.4 is 9.47 Å². The van der Waals surface area contributed by atoms with Gasteiger partial charge in [0.25, 0.3) is 0 Å². The zero-order valence-corrected chi connectivity index (χ0v) is 25.3. The van der Waals surface area contributed by atoms with Crippen LogP contribution in [0, 0.1) is 0 Å². The van der Waals surface area contributed by atoms with Gasteiger partial charge in [0.05, 0.1) is 11.7 Å². The van der Waals surface area contributed by atoms with Crippen LogP contribution in [0.2, 0.25) is 0 Å². The molecule has 0 aromatic heterocycles. The summed E-state index contributed by atoms with van der Waals surface area (Å²) in [6.07, 6.45) is -6.92. The minimum atomic E-state index is -1.50. The molecule has 0 saturated carbocycles. The van der Waals surface area contributed by atoms with Gasteiger partial charge in [0, 0.05) is 40.2 Å². The molecule has 1 fully saturated rings. The van der Waals surface area contributed by atoms with E-state index in [1.54, 1.807) is 24.3 Å². The van der Waals surface area contributed by atoms with Crippen molar-refractivity contribution in [2.75, 3.05) is 6.61 Å². The molecule has 0 radical (unpaired) electrons. The van der Waals surface area contributed by atoms with E-state index < -0.39 is 66.9 Å². The van der Waals surface area contributed by atoms with Crippen molar-refractivity contribution >= 4 is 29.7 Å². The van der Waals surface area contributed by atoms with E-state index in [0.717, 1.165) is 27.7 Å². The predicted molar refractivity (Wildman–Crippen MR) is 151 cm³/mol. The Balaban J connectivity index is 1.86. The van der Waals surface area contributed by atoms with Gasteiger partial charge < -0.3 is 38.3 Å². The number of ether oxygens (including phenoxy) is 7. The summed E-state index contributed by atoms with van der Waals surface area (Å²) in [5.41, 5.74) is 0.740. The average Bonchev–Trinajstić information content (AvgIpc) is 2.91. The van der Waals surface area contributed by atoms with E-state index in [1.807, 2.05) is 13.8 Å². The highest BCUT2D eigenvalue weighted by molar-refractivity contribution is 6.00. The Bertz CT molecular complexity index is 1350. The van der Waals surface area contributed by atoms with Crippen LogP contribution >= 0.6 is 0 Å². The third-order valence-electron chi connectivity index (χ3n) is 6.13. The van der Waals surface area contributed by atoms with Crippen molar-refractivity contribution in [2.45, 2.75) is 84.8 Å². The van der Waals surface area contributed by atoms with Crippen LogP contribution in [0.4, 0.5) is 0 Å². The van der Waals surface area contributed by atoms with Gasteiger partial charge in [-0.15, -0.1) is 0 Å². The summed E-state index contributed by atoms with van der Waals surface area (Å²) in [6, 6.07) is 10.9. The van der Waals surface area contributed by atoms with E-state index in [2.05, 4.69) is 0 Å². The highest BCUT2D eigenvalue weighted by atomic mass is 16.7. The molecule has 0 amide bonds. The second-order valence-corrected chi connectivity index (χ2v) is 10.3. The SMILES string of the molecule is CC(=O)OC[C@@H]1O[C@H](Oc2ccc(C(=O)Cc3ccc(OC(C)C)cc3)c(O)c2)[C@H](OC(C)=O)[C@H](OC(C)=O)[C@@H]1OC(C)=O. The van der Waals surface area contributed by atoms with Crippen molar-refractivity contribution in [3.8, 4) is 17.2 Å². The number of aromatic hydroxyl groups is 1. The molecular weight excluding hydrogens is 580 g/mol. The second kappa shape index (κ2) is 15.2. The molecule has 1 aliphatic heterocycles. The molecule has 1 heterocycles. The smallest absolute Gasteiger partial charge is 0.303 e. The lowest BCUT2D eigenvalue weighted by molar-refractivity contribution is -0.288. The normalized spacial score (nSPS) is 21.1. The van der Waals surface area contributed by atoms with Crippen LogP contribution in [0.25, 0.3) is 0 Å². The van der Waals surface area contributed by atoms with Gasteiger partial charge in [-0.25, -0.2) is 0 Å². The zero-order chi connectivity index (χ0) is 32.6. The first-order valence-electron chi connectivity index (χ1n) is 13.8. The Labute approximate surface area is 254 Å². The molecule has 5 atom stereocenters. The Kier molecular flexibility index (Phi) is 11.7. The molecule has 2 aromatic rings. The minimum absolute atomic E-state index is 0.00450. The van der Waals surface area contributed by atoms with Crippen molar-refractivity contribution in [3.05, 3.63) is 53.6 Å². The lowest BCUT2D eigenvalue weighted by Crippen LogP contribution is -2.63. The first-order valence-corrected chi connectivity index (χ1v) is 13.8. The number of hydrogen-bond acceptors (Lipinski definition) is 13. The maximum Gasteiger partial charge on any atom is 0.303 e. The van der Waals surface area contributed by atoms with Gasteiger partial charge in [-0.2, -0.15) is 0 Å². The number of phenolic OH excluding ortho intramolecular Hbond substituents is 1. The van der Waals surface area contributed by atoms with Gasteiger partial charge in [0.1, 0.15) is 30.0 Å². The van der Waals surface area contributed by atoms with E-state index in [9.17, 15) is 29.1 Å². The summed E-state index contributed by atoms with van der Waals surface area (Å²) in [4.78, 5) is 60.4. The number of benzene rings is 2. The van der Waals surface area contributed by atoms with Gasteiger partial charge in [-0.3, -0.25) is 24.0 Å². The van der Waals surface area contributed by atoms with E-state index in [0.29, 0.717) is 11.3 Å². The quantitative estimate of drug-likeness (QED) is 0.210. The van der Waals surface area contributed by atoms with Gasteiger partial charge in [0.2, 0.25) is 12.4 Å². The largest absolute Gasteiger partial charge is 0.507 e. The first-order chi connectivity index (χ1) is 20.7. The van der Waals surface area contributed by atoms with Gasteiger partial charge in [-0.05, 0) is 43.7 Å². The maximum absolute atomic E-state index is 13.0. The number of carbonyl (C=O) groups is 5. The fourth-order valence-electron chi connectivity index (χ4n) is 4.48. The van der Waals surface area contributed by atoms with Crippen LogP contribution in [-0.2, 0) is 49.3 Å². The van der Waals surface area contributed by atoms with Crippen molar-refractivity contribution < 1.29 is 62.2 Å². The molecular formula is C31H36O13. The Morgan fingerprint density at radius 3 is 1.89 bits per heavy atom. The molecule has 0 spiro atoms. The van der Waals surface area contributed by atoms with Gasteiger partial charge >= 0.3 is 23.9 Å². The summed E-state index contributed by atoms with van der Waals surface area (Å²) in [6.45, 7) is 7.85. The average molecular weight is 617 g/mol. The van der Waals surface area contributed by atoms with E-state index >= 15 is 0 Å². The van der Waals surface area contributed by atoms with Crippen molar-refractivity contribution in [2.24, 2.45) is 0 Å². The molecule has 13 nitrogen and oxygen atoms in total. The van der Waals surface area contributed by atoms with Crippen LogP contribution in [0.5, 0.6) is 17.2 Å². The fraction of sp³-hybridized carbons (Fsp3) is 0.452. The van der Waals surface area contributed by atoms with Gasteiger partial charge in [-0.1, -0.05) is 12.1 Å². The summed E-state index contributed by atoms with van der Waals surface area (Å²) >= 11 is 0. The highest BCUT2D eigenvalue weighted by Gasteiger charge is 2.53. The third kappa shape index (κ3) is 9.69. The molecule has 0 bridgehead atoms. The Morgan fingerprint density at radius 1 is 0.773 bits per heavy atom. The Hall–Kier alpha value is -4.65. The van der Waals surface area contributed by atoms with Crippen LogP contribution in [0.1, 0.15) is 57.5 Å². The van der Waals surface area contributed by atoms with Crippen LogP contribution in [-0.4, -0.2) is 78.2 Å². The number of rotatable bonds is 12. The summed E-state index contributed by atoms with van der Waals surface area (Å²) in [5.74, 6) is -3.11. The Morgan fingerprint density at radius 2 is 1.34 bits per heavy atom. The molecule has 1 aliphatic rings. The van der Waals surface area contributed by atoms with E-state index in [4.69, 9.17) is 33.2 Å². The molecule has 1 saturated heterocycles. The van der Waals surface area contributed by atoms with Crippen LogP contribution in [0.15, 0.2) is 42.5 Å². The van der Waals surface area contributed by atoms with E-state index in [-0.39, 0.29) is 29.6 Å². The molecule has 1 N–H and O–H groups in total.